The summed E-state index contributed by atoms with van der Waals surface area (Å²) in [7, 11) is 0. The molecule has 0 spiro atoms. The van der Waals surface area contributed by atoms with Crippen LogP contribution < -0.4 is 0 Å². The van der Waals surface area contributed by atoms with Gasteiger partial charge in [-0.15, -0.1) is 10.2 Å². The van der Waals surface area contributed by atoms with E-state index < -0.39 is 37.1 Å². The van der Waals surface area contributed by atoms with Crippen LogP contribution in [0, 0.1) is 13.8 Å². The minimum atomic E-state index is -1.45. The fourth-order valence-corrected chi connectivity index (χ4v) is 4.85. The third-order valence-corrected chi connectivity index (χ3v) is 6.66. The van der Waals surface area contributed by atoms with Gasteiger partial charge in [-0.1, -0.05) is 40.2 Å². The molecule has 11 heteroatoms. The lowest BCUT2D eigenvalue weighted by atomic mass is 9.90. The highest BCUT2D eigenvalue weighted by Gasteiger charge is 2.44. The fourth-order valence-electron chi connectivity index (χ4n) is 3.66. The lowest BCUT2D eigenvalue weighted by Gasteiger charge is -2.40. The number of aryl methyl sites for hydroxylation is 2. The number of aliphatic hydroxyl groups excluding tert-OH is 4. The summed E-state index contributed by atoms with van der Waals surface area (Å²) in [5, 5.41) is 54.3. The Labute approximate surface area is 186 Å². The lowest BCUT2D eigenvalue weighted by Crippen LogP contribution is -2.55. The van der Waals surface area contributed by atoms with E-state index in [4.69, 9.17) is 20.9 Å². The van der Waals surface area contributed by atoms with Gasteiger partial charge in [0.05, 0.1) is 17.9 Å². The zero-order chi connectivity index (χ0) is 22.3. The van der Waals surface area contributed by atoms with Crippen LogP contribution in [0.25, 0.3) is 10.6 Å². The molecule has 1 fully saturated rings. The van der Waals surface area contributed by atoms with Gasteiger partial charge in [0.25, 0.3) is 0 Å². The van der Waals surface area contributed by atoms with Gasteiger partial charge in [0.2, 0.25) is 0 Å². The lowest BCUT2D eigenvalue weighted by molar-refractivity contribution is -0.231. The number of hydrogen-bond acceptors (Lipinski definition) is 10. The second-order valence-corrected chi connectivity index (χ2v) is 8.95. The summed E-state index contributed by atoms with van der Waals surface area (Å²) in [6.45, 7) is 3.17. The van der Waals surface area contributed by atoms with Crippen molar-refractivity contribution >= 4 is 22.9 Å². The Hall–Kier alpha value is -1.92. The van der Waals surface area contributed by atoms with Crippen LogP contribution in [0.15, 0.2) is 22.7 Å². The first kappa shape index (κ1) is 22.3. The summed E-state index contributed by atoms with van der Waals surface area (Å²) in [5.74, 6) is 0.669. The first-order valence-corrected chi connectivity index (χ1v) is 10.8. The van der Waals surface area contributed by atoms with E-state index >= 15 is 0 Å². The van der Waals surface area contributed by atoms with Gasteiger partial charge in [-0.25, -0.2) is 0 Å². The van der Waals surface area contributed by atoms with Crippen molar-refractivity contribution in [2.45, 2.75) is 50.8 Å². The molecule has 5 atom stereocenters. The van der Waals surface area contributed by atoms with E-state index in [1.807, 2.05) is 13.8 Å². The van der Waals surface area contributed by atoms with Crippen LogP contribution in [0.1, 0.15) is 33.7 Å². The molecule has 4 rings (SSSR count). The molecule has 1 aliphatic heterocycles. The Balaban J connectivity index is 1.59. The standard InChI is InChI=1S/C20H22ClN3O6S/c1-8-15(9(2)30-24-8)20-23-22-14(31-20)6-11-5-10(3-4-12(11)21)19-18(28)17(27)16(26)13(7-25)29-19/h3-5,13,16-19,25-28H,6-7H2,1-2H3/t13-,16-,17+,18-,19+/m1/s1. The number of rotatable bonds is 5. The van der Waals surface area contributed by atoms with E-state index in [-0.39, 0.29) is 0 Å². The minimum Gasteiger partial charge on any atom is -0.394 e. The SMILES string of the molecule is Cc1noc(C)c1-c1nnc(Cc2cc([C@@H]3O[C@H](CO)[C@@H](O)[C@H](O)[C@H]3O)ccc2Cl)s1. The van der Waals surface area contributed by atoms with Crippen LogP contribution in [-0.4, -0.2) is 66.8 Å². The molecule has 0 radical (unpaired) electrons. The van der Waals surface area contributed by atoms with Gasteiger partial charge < -0.3 is 29.7 Å². The number of aliphatic hydroxyl groups is 4. The van der Waals surface area contributed by atoms with E-state index in [2.05, 4.69) is 15.4 Å². The predicted molar refractivity (Wildman–Crippen MR) is 112 cm³/mol. The fraction of sp³-hybridized carbons (Fsp3) is 0.450. The summed E-state index contributed by atoms with van der Waals surface area (Å²) in [6.07, 6.45) is -5.74. The molecule has 0 saturated carbocycles. The number of aromatic nitrogens is 3. The van der Waals surface area contributed by atoms with Crippen molar-refractivity contribution in [1.29, 1.82) is 0 Å². The van der Waals surface area contributed by atoms with Crippen molar-refractivity contribution in [3.8, 4) is 10.6 Å². The van der Waals surface area contributed by atoms with E-state index in [0.717, 1.165) is 21.8 Å². The first-order chi connectivity index (χ1) is 14.8. The summed E-state index contributed by atoms with van der Waals surface area (Å²) >= 11 is 7.79. The number of benzene rings is 1. The van der Waals surface area contributed by atoms with Gasteiger partial charge in [0.15, 0.2) is 5.01 Å². The molecule has 0 amide bonds. The monoisotopic (exact) mass is 467 g/mol. The average molecular weight is 468 g/mol. The highest BCUT2D eigenvalue weighted by molar-refractivity contribution is 7.14. The molecule has 31 heavy (non-hydrogen) atoms. The van der Waals surface area contributed by atoms with Crippen molar-refractivity contribution in [3.05, 3.63) is 50.8 Å². The van der Waals surface area contributed by atoms with E-state index in [0.29, 0.717) is 27.8 Å². The maximum Gasteiger partial charge on any atom is 0.153 e. The number of nitrogens with zero attached hydrogens (tertiary/aromatic N) is 3. The third-order valence-electron chi connectivity index (χ3n) is 5.35. The Morgan fingerprint density at radius 3 is 2.55 bits per heavy atom. The molecule has 1 aliphatic rings. The van der Waals surface area contributed by atoms with Crippen LogP contribution in [0.2, 0.25) is 5.02 Å². The zero-order valence-corrected chi connectivity index (χ0v) is 18.3. The van der Waals surface area contributed by atoms with Crippen LogP contribution in [0.3, 0.4) is 0 Å². The quantitative estimate of drug-likeness (QED) is 0.439. The van der Waals surface area contributed by atoms with Gasteiger partial charge in [0.1, 0.15) is 41.3 Å². The van der Waals surface area contributed by atoms with Crippen LogP contribution >= 0.6 is 22.9 Å². The molecule has 3 heterocycles. The van der Waals surface area contributed by atoms with Crippen molar-refractivity contribution in [2.24, 2.45) is 0 Å². The molecular formula is C20H22ClN3O6S. The topological polar surface area (TPSA) is 142 Å². The summed E-state index contributed by atoms with van der Waals surface area (Å²) in [5.41, 5.74) is 2.86. The molecular weight excluding hydrogens is 446 g/mol. The maximum absolute atomic E-state index is 10.4. The Kier molecular flexibility index (Phi) is 6.40. The summed E-state index contributed by atoms with van der Waals surface area (Å²) in [4.78, 5) is 0. The second-order valence-electron chi connectivity index (χ2n) is 7.48. The highest BCUT2D eigenvalue weighted by Crippen LogP contribution is 2.35. The van der Waals surface area contributed by atoms with E-state index in [9.17, 15) is 20.4 Å². The zero-order valence-electron chi connectivity index (χ0n) is 16.8. The van der Waals surface area contributed by atoms with Crippen LogP contribution in [0.4, 0.5) is 0 Å². The molecule has 0 aliphatic carbocycles. The normalized spacial score (nSPS) is 26.4. The average Bonchev–Trinajstić information content (AvgIpc) is 3.34. The van der Waals surface area contributed by atoms with Gasteiger partial charge >= 0.3 is 0 Å². The van der Waals surface area contributed by atoms with Crippen molar-refractivity contribution < 1.29 is 29.7 Å². The van der Waals surface area contributed by atoms with Crippen molar-refractivity contribution in [3.63, 3.8) is 0 Å². The Morgan fingerprint density at radius 2 is 1.87 bits per heavy atom. The maximum atomic E-state index is 10.4. The second kappa shape index (κ2) is 8.91. The Bertz CT molecular complexity index is 1050. The molecule has 166 valence electrons. The first-order valence-electron chi connectivity index (χ1n) is 9.64. The highest BCUT2D eigenvalue weighted by atomic mass is 35.5. The number of ether oxygens (including phenoxy) is 1. The van der Waals surface area contributed by atoms with Crippen LogP contribution in [0.5, 0.6) is 0 Å². The number of hydrogen-bond donors (Lipinski definition) is 4. The van der Waals surface area contributed by atoms with E-state index in [1.165, 1.54) is 11.3 Å². The molecule has 4 N–H and O–H groups in total. The Morgan fingerprint density at radius 1 is 1.10 bits per heavy atom. The summed E-state index contributed by atoms with van der Waals surface area (Å²) in [6, 6.07) is 5.10. The third kappa shape index (κ3) is 4.24. The molecule has 9 nitrogen and oxygen atoms in total. The molecule has 0 unspecified atom stereocenters. The number of halogens is 1. The minimum absolute atomic E-state index is 0.394. The predicted octanol–water partition coefficient (Wildman–Crippen LogP) is 1.57. The molecule has 3 aromatic rings. The van der Waals surface area contributed by atoms with Crippen molar-refractivity contribution in [2.75, 3.05) is 6.61 Å². The van der Waals surface area contributed by atoms with E-state index in [1.54, 1.807) is 18.2 Å². The molecule has 1 saturated heterocycles. The smallest absolute Gasteiger partial charge is 0.153 e. The van der Waals surface area contributed by atoms with Gasteiger partial charge in [-0.05, 0) is 31.0 Å². The molecule has 0 bridgehead atoms. The van der Waals surface area contributed by atoms with Gasteiger partial charge in [-0.2, -0.15) is 0 Å². The largest absolute Gasteiger partial charge is 0.394 e. The molecule has 2 aromatic heterocycles. The van der Waals surface area contributed by atoms with Crippen LogP contribution in [-0.2, 0) is 11.2 Å². The molecule has 1 aromatic carbocycles. The van der Waals surface area contributed by atoms with Gasteiger partial charge in [0, 0.05) is 11.4 Å². The summed E-state index contributed by atoms with van der Waals surface area (Å²) < 4.78 is 10.8. The van der Waals surface area contributed by atoms with Gasteiger partial charge in [-0.3, -0.25) is 0 Å². The van der Waals surface area contributed by atoms with Crippen molar-refractivity contribution in [1.82, 2.24) is 15.4 Å².